The van der Waals surface area contributed by atoms with E-state index in [0.29, 0.717) is 39.0 Å². The average Bonchev–Trinajstić information content (AvgIpc) is 3.54. The lowest BCUT2D eigenvalue weighted by molar-refractivity contribution is 0.0893. The Morgan fingerprint density at radius 3 is 2.06 bits per heavy atom. The molecule has 7 nitrogen and oxygen atoms in total. The van der Waals surface area contributed by atoms with Crippen LogP contribution >= 0.6 is 0 Å². The second kappa shape index (κ2) is 9.96. The first-order valence-electron chi connectivity index (χ1n) is 16.5. The fourth-order valence-electron chi connectivity index (χ4n) is 7.91. The van der Waals surface area contributed by atoms with Crippen LogP contribution in [0.3, 0.4) is 0 Å². The maximum absolute atomic E-state index is 14.2. The van der Waals surface area contributed by atoms with Crippen molar-refractivity contribution in [2.75, 3.05) is 4.90 Å². The van der Waals surface area contributed by atoms with Gasteiger partial charge in [-0.05, 0) is 70.3 Å². The molecule has 2 aromatic heterocycles. The highest BCUT2D eigenvalue weighted by molar-refractivity contribution is 6.45. The van der Waals surface area contributed by atoms with Crippen LogP contribution in [0.5, 0.6) is 5.75 Å². The zero-order chi connectivity index (χ0) is 33.0. The fraction of sp³-hybridized carbons (Fsp3) is 0.122. The van der Waals surface area contributed by atoms with Crippen molar-refractivity contribution in [3.8, 4) is 5.75 Å². The average molecular weight is 628 g/mol. The van der Waals surface area contributed by atoms with Crippen LogP contribution in [0.2, 0.25) is 0 Å². The summed E-state index contributed by atoms with van der Waals surface area (Å²) in [5, 5.41) is 8.64. The summed E-state index contributed by atoms with van der Waals surface area (Å²) >= 11 is 0. The Hall–Kier alpha value is -6.08. The number of hydrogen-bond donors (Lipinski definition) is 0. The number of ether oxygens (including phenoxy) is 1. The van der Waals surface area contributed by atoms with Crippen LogP contribution in [-0.4, -0.2) is 21.2 Å². The van der Waals surface area contributed by atoms with Gasteiger partial charge in [0.25, 0.3) is 17.4 Å². The summed E-state index contributed by atoms with van der Waals surface area (Å²) in [4.78, 5) is 48.3. The lowest BCUT2D eigenvalue weighted by Crippen LogP contribution is -2.40. The predicted octanol–water partition coefficient (Wildman–Crippen LogP) is 9.23. The zero-order valence-corrected chi connectivity index (χ0v) is 26.8. The third-order valence-corrected chi connectivity index (χ3v) is 9.65. The Morgan fingerprint density at radius 1 is 0.604 bits per heavy atom. The number of fused-ring (bicyclic) bond motifs is 5. The van der Waals surface area contributed by atoms with Gasteiger partial charge in [-0.3, -0.25) is 18.8 Å². The van der Waals surface area contributed by atoms with Crippen LogP contribution in [0.25, 0.3) is 70.5 Å². The van der Waals surface area contributed by atoms with Gasteiger partial charge in [-0.1, -0.05) is 70.2 Å². The number of nitrogens with zero attached hydrogens (tertiary/aromatic N) is 3. The minimum atomic E-state index is -0.372. The maximum Gasteiger partial charge on any atom is 0.266 e. The maximum atomic E-state index is 14.2. The summed E-state index contributed by atoms with van der Waals surface area (Å²) < 4.78 is 8.09. The topological polar surface area (TPSA) is 81.0 Å². The van der Waals surface area contributed by atoms with Gasteiger partial charge < -0.3 is 4.74 Å². The molecular weight excluding hydrogens is 598 g/mol. The van der Waals surface area contributed by atoms with E-state index in [0.717, 1.165) is 59.7 Å². The predicted molar refractivity (Wildman–Crippen MR) is 193 cm³/mol. The summed E-state index contributed by atoms with van der Waals surface area (Å²) in [5.41, 5.74) is 4.43. The minimum Gasteiger partial charge on any atom is -0.488 e. The van der Waals surface area contributed by atoms with Crippen molar-refractivity contribution in [1.82, 2.24) is 9.38 Å². The first kappa shape index (κ1) is 28.2. The summed E-state index contributed by atoms with van der Waals surface area (Å²) in [6, 6.07) is 28.4. The molecule has 7 aromatic carbocycles. The first-order chi connectivity index (χ1) is 23.6. The summed E-state index contributed by atoms with van der Waals surface area (Å²) in [5.74, 6) is -0.115. The van der Waals surface area contributed by atoms with Crippen molar-refractivity contribution in [3.05, 3.63) is 118 Å². The van der Waals surface area contributed by atoms with Crippen molar-refractivity contribution in [1.29, 1.82) is 0 Å². The summed E-state index contributed by atoms with van der Waals surface area (Å²) in [7, 11) is 0. The van der Waals surface area contributed by atoms with Crippen molar-refractivity contribution < 1.29 is 14.3 Å². The van der Waals surface area contributed by atoms with Gasteiger partial charge in [0.15, 0.2) is 0 Å². The van der Waals surface area contributed by atoms with Gasteiger partial charge in [-0.25, -0.2) is 9.88 Å². The molecule has 11 rings (SSSR count). The lowest BCUT2D eigenvalue weighted by Gasteiger charge is -2.31. The standard InChI is InChI=1S/C37H17N3O4.2C2H6/c41-35-22-13-11-20-19-10-12-21-29-23(37(43)40-26-9-5-4-8-25(26)38-34(21)40)14-17-16-44-27-15-24(30(22)32(20)33(27)28(17)31(19)29)36(42)39(35)18-6-2-1-3-7-18;2*1-2/h1-15H,16H2;2*1-2H3. The Balaban J connectivity index is 0.000000758. The van der Waals surface area contributed by atoms with Gasteiger partial charge in [-0.15, -0.1) is 0 Å². The van der Waals surface area contributed by atoms with Crippen LogP contribution in [0.15, 0.2) is 95.8 Å². The van der Waals surface area contributed by atoms with Gasteiger partial charge in [0.2, 0.25) is 0 Å². The Bertz CT molecular complexity index is 2890. The molecular formula is C41H29N3O4. The highest BCUT2D eigenvalue weighted by Crippen LogP contribution is 2.52. The zero-order valence-electron chi connectivity index (χ0n) is 26.8. The smallest absolute Gasteiger partial charge is 0.266 e. The van der Waals surface area contributed by atoms with Crippen LogP contribution in [0.1, 0.15) is 54.0 Å². The molecule has 0 saturated heterocycles. The molecule has 232 valence electrons. The minimum absolute atomic E-state index is 0.111. The highest BCUT2D eigenvalue weighted by Gasteiger charge is 2.37. The van der Waals surface area contributed by atoms with Gasteiger partial charge in [0, 0.05) is 43.3 Å². The monoisotopic (exact) mass is 627 g/mol. The number of amides is 2. The molecule has 0 N–H and O–H groups in total. The number of imidazole rings is 1. The van der Waals surface area contributed by atoms with E-state index in [4.69, 9.17) is 9.72 Å². The van der Waals surface area contributed by atoms with E-state index >= 15 is 0 Å². The molecule has 2 aliphatic rings. The van der Waals surface area contributed by atoms with Crippen LogP contribution in [0.4, 0.5) is 5.69 Å². The SMILES string of the molecule is CC.CC.O=C1c2ccc3c4ccc5c6c(cc7c(c8c(cc(c2c38)C(=O)N1c1ccccc1)OC7)c46)c(=O)n1c2ccccc2nc51. The molecule has 0 aliphatic carbocycles. The number of aromatic nitrogens is 2. The van der Waals surface area contributed by atoms with E-state index in [-0.39, 0.29) is 24.0 Å². The normalized spacial score (nSPS) is 13.6. The van der Waals surface area contributed by atoms with E-state index in [2.05, 4.69) is 6.07 Å². The number of rotatable bonds is 1. The lowest BCUT2D eigenvalue weighted by atomic mass is 9.81. The largest absolute Gasteiger partial charge is 0.488 e. The number of hydrogen-bond acceptors (Lipinski definition) is 5. The molecule has 0 radical (unpaired) electrons. The van der Waals surface area contributed by atoms with Crippen LogP contribution in [0, 0.1) is 0 Å². The van der Waals surface area contributed by atoms with E-state index in [9.17, 15) is 14.4 Å². The van der Waals surface area contributed by atoms with E-state index < -0.39 is 0 Å². The van der Waals surface area contributed by atoms with Gasteiger partial charge >= 0.3 is 0 Å². The van der Waals surface area contributed by atoms with Crippen LogP contribution < -0.4 is 15.2 Å². The summed E-state index contributed by atoms with van der Waals surface area (Å²) in [6.07, 6.45) is 0. The van der Waals surface area contributed by atoms with E-state index in [1.807, 2.05) is 94.4 Å². The van der Waals surface area contributed by atoms with Crippen molar-refractivity contribution in [2.24, 2.45) is 0 Å². The first-order valence-corrected chi connectivity index (χ1v) is 16.5. The number of para-hydroxylation sites is 3. The summed E-state index contributed by atoms with van der Waals surface area (Å²) in [6.45, 7) is 8.26. The molecule has 0 atom stereocenters. The fourth-order valence-corrected chi connectivity index (χ4v) is 7.91. The van der Waals surface area contributed by atoms with Crippen molar-refractivity contribution in [2.45, 2.75) is 34.3 Å². The van der Waals surface area contributed by atoms with Gasteiger partial charge in [-0.2, -0.15) is 0 Å². The van der Waals surface area contributed by atoms with Crippen molar-refractivity contribution in [3.63, 3.8) is 0 Å². The molecule has 2 aliphatic heterocycles. The van der Waals surface area contributed by atoms with Gasteiger partial charge in [0.05, 0.1) is 22.3 Å². The van der Waals surface area contributed by atoms with Crippen LogP contribution in [-0.2, 0) is 6.61 Å². The number of benzene rings is 7. The van der Waals surface area contributed by atoms with E-state index in [1.54, 1.807) is 22.6 Å². The molecule has 7 heteroatoms. The number of carbonyl (C=O) groups is 2. The molecule has 0 bridgehead atoms. The second-order valence-corrected chi connectivity index (χ2v) is 11.7. The molecule has 2 amide bonds. The third-order valence-electron chi connectivity index (χ3n) is 9.65. The molecule has 4 heterocycles. The number of imide groups is 1. The molecule has 0 saturated carbocycles. The number of pyridine rings is 1. The Labute approximate surface area is 274 Å². The molecule has 9 aromatic rings. The number of anilines is 1. The second-order valence-electron chi connectivity index (χ2n) is 11.7. The molecule has 0 fully saturated rings. The quantitative estimate of drug-likeness (QED) is 0.103. The Morgan fingerprint density at radius 2 is 1.27 bits per heavy atom. The molecule has 0 spiro atoms. The Kier molecular flexibility index (Phi) is 5.84. The van der Waals surface area contributed by atoms with E-state index in [1.165, 1.54) is 4.90 Å². The molecule has 48 heavy (non-hydrogen) atoms. The van der Waals surface area contributed by atoms with Gasteiger partial charge in [0.1, 0.15) is 18.0 Å². The molecule has 0 unspecified atom stereocenters. The highest BCUT2D eigenvalue weighted by atomic mass is 16.5. The third kappa shape index (κ3) is 3.27. The number of carbonyl (C=O) groups excluding carboxylic acids is 2. The van der Waals surface area contributed by atoms with Crippen molar-refractivity contribution >= 4 is 88.0 Å².